The first-order valence-corrected chi connectivity index (χ1v) is 10.2. The number of likely N-dealkylation sites (N-methyl/N-ethyl adjacent to an activating group) is 1. The number of hydrogen-bond donors (Lipinski definition) is 0. The summed E-state index contributed by atoms with van der Waals surface area (Å²) in [6.45, 7) is 7.93. The van der Waals surface area contributed by atoms with Crippen LogP contribution in [0.15, 0.2) is 24.5 Å². The maximum absolute atomic E-state index is 13.1. The zero-order valence-electron chi connectivity index (χ0n) is 17.1. The summed E-state index contributed by atoms with van der Waals surface area (Å²) in [5.41, 5.74) is 0.314. The standard InChI is InChI=1S/C21H30N4O3/c1-4-24-19(27)21(25(20(24)28)15-16(2)3)9-13-23(14-10-21)18(26)6-5-17-7-11-22-12-8-17/h7-8,11-12,16H,4-6,9-10,13-15H2,1-3H3. The van der Waals surface area contributed by atoms with E-state index in [-0.39, 0.29) is 23.8 Å². The van der Waals surface area contributed by atoms with Crippen molar-refractivity contribution in [3.05, 3.63) is 30.1 Å². The van der Waals surface area contributed by atoms with Gasteiger partial charge in [0.05, 0.1) is 0 Å². The van der Waals surface area contributed by atoms with Crippen molar-refractivity contribution in [1.82, 2.24) is 19.7 Å². The molecule has 1 aromatic rings. The van der Waals surface area contributed by atoms with E-state index >= 15 is 0 Å². The van der Waals surface area contributed by atoms with Gasteiger partial charge in [-0.15, -0.1) is 0 Å². The maximum atomic E-state index is 13.1. The lowest BCUT2D eigenvalue weighted by molar-refractivity contribution is -0.141. The number of piperidine rings is 1. The van der Waals surface area contributed by atoms with Gasteiger partial charge in [0.1, 0.15) is 5.54 Å². The number of amides is 4. The average molecular weight is 386 g/mol. The first-order valence-electron chi connectivity index (χ1n) is 10.2. The zero-order chi connectivity index (χ0) is 20.3. The van der Waals surface area contributed by atoms with Crippen LogP contribution in [0, 0.1) is 5.92 Å². The predicted molar refractivity (Wildman–Crippen MR) is 105 cm³/mol. The number of rotatable bonds is 6. The van der Waals surface area contributed by atoms with Crippen molar-refractivity contribution in [1.29, 1.82) is 0 Å². The Morgan fingerprint density at radius 1 is 1.18 bits per heavy atom. The lowest BCUT2D eigenvalue weighted by Gasteiger charge is -2.42. The van der Waals surface area contributed by atoms with Gasteiger partial charge in [-0.3, -0.25) is 19.5 Å². The Hall–Kier alpha value is -2.44. The van der Waals surface area contributed by atoms with Crippen molar-refractivity contribution >= 4 is 17.8 Å². The number of hydrogen-bond acceptors (Lipinski definition) is 4. The summed E-state index contributed by atoms with van der Waals surface area (Å²) in [6, 6.07) is 3.66. The van der Waals surface area contributed by atoms with Gasteiger partial charge in [-0.1, -0.05) is 13.8 Å². The summed E-state index contributed by atoms with van der Waals surface area (Å²) in [5.74, 6) is 0.293. The normalized spacial score (nSPS) is 19.2. The third kappa shape index (κ3) is 3.75. The molecule has 0 atom stereocenters. The third-order valence-electron chi connectivity index (χ3n) is 5.81. The molecule has 0 unspecified atom stereocenters. The van der Waals surface area contributed by atoms with Crippen LogP contribution < -0.4 is 0 Å². The SMILES string of the molecule is CCN1C(=O)N(CC(C)C)C2(CCN(C(=O)CCc3ccncc3)CC2)C1=O. The largest absolute Gasteiger partial charge is 0.342 e. The van der Waals surface area contributed by atoms with Crippen LogP contribution in [0.3, 0.4) is 0 Å². The number of aryl methyl sites for hydroxylation is 1. The molecule has 4 amide bonds. The molecule has 7 nitrogen and oxygen atoms in total. The molecular formula is C21H30N4O3. The fourth-order valence-electron chi connectivity index (χ4n) is 4.25. The molecule has 7 heteroatoms. The van der Waals surface area contributed by atoms with Crippen LogP contribution in [0.25, 0.3) is 0 Å². The maximum Gasteiger partial charge on any atom is 0.327 e. The van der Waals surface area contributed by atoms with E-state index < -0.39 is 5.54 Å². The van der Waals surface area contributed by atoms with Crippen LogP contribution in [0.4, 0.5) is 4.79 Å². The summed E-state index contributed by atoms with van der Waals surface area (Å²) in [7, 11) is 0. The molecule has 0 aliphatic carbocycles. The molecule has 0 bridgehead atoms. The Bertz CT molecular complexity index is 726. The minimum atomic E-state index is -0.779. The van der Waals surface area contributed by atoms with Gasteiger partial charge in [-0.2, -0.15) is 0 Å². The van der Waals surface area contributed by atoms with E-state index in [0.29, 0.717) is 51.9 Å². The molecule has 0 N–H and O–H groups in total. The molecule has 0 saturated carbocycles. The van der Waals surface area contributed by atoms with E-state index in [0.717, 1.165) is 5.56 Å². The van der Waals surface area contributed by atoms with Gasteiger partial charge in [-0.25, -0.2) is 4.79 Å². The van der Waals surface area contributed by atoms with Gasteiger partial charge < -0.3 is 9.80 Å². The molecule has 28 heavy (non-hydrogen) atoms. The van der Waals surface area contributed by atoms with Crippen LogP contribution >= 0.6 is 0 Å². The molecule has 2 aliphatic heterocycles. The number of carbonyl (C=O) groups is 3. The summed E-state index contributed by atoms with van der Waals surface area (Å²) >= 11 is 0. The van der Waals surface area contributed by atoms with Gasteiger partial charge >= 0.3 is 6.03 Å². The summed E-state index contributed by atoms with van der Waals surface area (Å²) in [4.78, 5) is 47.4. The van der Waals surface area contributed by atoms with Gasteiger partial charge in [0.15, 0.2) is 0 Å². The van der Waals surface area contributed by atoms with Crippen molar-refractivity contribution < 1.29 is 14.4 Å². The molecule has 2 aliphatic rings. The van der Waals surface area contributed by atoms with Gasteiger partial charge in [-0.05, 0) is 49.8 Å². The van der Waals surface area contributed by atoms with Crippen LogP contribution in [0.1, 0.15) is 45.6 Å². The molecule has 0 aromatic carbocycles. The second-order valence-electron chi connectivity index (χ2n) is 8.10. The average Bonchev–Trinajstić information content (AvgIpc) is 2.88. The second-order valence-corrected chi connectivity index (χ2v) is 8.10. The molecule has 2 saturated heterocycles. The summed E-state index contributed by atoms with van der Waals surface area (Å²) in [5, 5.41) is 0. The highest BCUT2D eigenvalue weighted by molar-refractivity contribution is 6.07. The highest BCUT2D eigenvalue weighted by Gasteiger charge is 2.57. The Labute approximate surface area is 166 Å². The van der Waals surface area contributed by atoms with E-state index in [4.69, 9.17) is 0 Å². The fourth-order valence-corrected chi connectivity index (χ4v) is 4.25. The summed E-state index contributed by atoms with van der Waals surface area (Å²) < 4.78 is 0. The second kappa shape index (κ2) is 8.29. The van der Waals surface area contributed by atoms with E-state index in [2.05, 4.69) is 18.8 Å². The number of pyridine rings is 1. The molecular weight excluding hydrogens is 356 g/mol. The van der Waals surface area contributed by atoms with Crippen LogP contribution in [0.2, 0.25) is 0 Å². The smallest absolute Gasteiger partial charge is 0.327 e. The van der Waals surface area contributed by atoms with E-state index in [9.17, 15) is 14.4 Å². The molecule has 152 valence electrons. The van der Waals surface area contributed by atoms with Crippen molar-refractivity contribution in [2.45, 2.75) is 52.0 Å². The first-order chi connectivity index (χ1) is 13.4. The molecule has 1 spiro atoms. The van der Waals surface area contributed by atoms with Crippen LogP contribution in [-0.4, -0.2) is 69.2 Å². The summed E-state index contributed by atoms with van der Waals surface area (Å²) in [6.07, 6.45) is 5.62. The van der Waals surface area contributed by atoms with Crippen LogP contribution in [0.5, 0.6) is 0 Å². The molecule has 3 heterocycles. The van der Waals surface area contributed by atoms with Crippen molar-refractivity contribution in [3.63, 3.8) is 0 Å². The van der Waals surface area contributed by atoms with Gasteiger partial charge in [0.25, 0.3) is 5.91 Å². The zero-order valence-corrected chi connectivity index (χ0v) is 17.1. The van der Waals surface area contributed by atoms with Gasteiger partial charge in [0, 0.05) is 45.0 Å². The minimum Gasteiger partial charge on any atom is -0.342 e. The van der Waals surface area contributed by atoms with Crippen LogP contribution in [-0.2, 0) is 16.0 Å². The lowest BCUT2D eigenvalue weighted by Crippen LogP contribution is -2.58. The predicted octanol–water partition coefficient (Wildman–Crippen LogP) is 2.32. The number of nitrogens with zero attached hydrogens (tertiary/aromatic N) is 4. The van der Waals surface area contributed by atoms with Gasteiger partial charge in [0.2, 0.25) is 5.91 Å². The first kappa shape index (κ1) is 20.3. The number of carbonyl (C=O) groups excluding carboxylic acids is 3. The lowest BCUT2D eigenvalue weighted by atomic mass is 9.85. The highest BCUT2D eigenvalue weighted by Crippen LogP contribution is 2.37. The monoisotopic (exact) mass is 386 g/mol. The molecule has 2 fully saturated rings. The van der Waals surface area contributed by atoms with Crippen molar-refractivity contribution in [2.75, 3.05) is 26.2 Å². The molecule has 0 radical (unpaired) electrons. The molecule has 3 rings (SSSR count). The quantitative estimate of drug-likeness (QED) is 0.703. The van der Waals surface area contributed by atoms with E-state index in [1.54, 1.807) is 17.3 Å². The Morgan fingerprint density at radius 2 is 1.82 bits per heavy atom. The van der Waals surface area contributed by atoms with Crippen molar-refractivity contribution in [2.24, 2.45) is 5.92 Å². The Morgan fingerprint density at radius 3 is 2.39 bits per heavy atom. The van der Waals surface area contributed by atoms with Crippen molar-refractivity contribution in [3.8, 4) is 0 Å². The number of imide groups is 1. The van der Waals surface area contributed by atoms with E-state index in [1.807, 2.05) is 24.0 Å². The molecule has 1 aromatic heterocycles. The number of aromatic nitrogens is 1. The number of likely N-dealkylation sites (tertiary alicyclic amines) is 1. The minimum absolute atomic E-state index is 0.0930. The van der Waals surface area contributed by atoms with E-state index in [1.165, 1.54) is 4.90 Å². The number of urea groups is 1. The fraction of sp³-hybridized carbons (Fsp3) is 0.619. The third-order valence-corrected chi connectivity index (χ3v) is 5.81. The highest BCUT2D eigenvalue weighted by atomic mass is 16.2. The Balaban J connectivity index is 1.65. The Kier molecular flexibility index (Phi) is 6.01. The topological polar surface area (TPSA) is 73.8 Å².